The highest BCUT2D eigenvalue weighted by molar-refractivity contribution is 5.95. The van der Waals surface area contributed by atoms with Gasteiger partial charge in [0.25, 0.3) is 5.91 Å². The Morgan fingerprint density at radius 3 is 2.41 bits per heavy atom. The molecule has 1 aliphatic rings. The highest BCUT2D eigenvalue weighted by Crippen LogP contribution is 2.23. The Kier molecular flexibility index (Phi) is 5.07. The van der Waals surface area contributed by atoms with Crippen LogP contribution in [0, 0.1) is 0 Å². The molecule has 3 aromatic rings. The van der Waals surface area contributed by atoms with Crippen molar-refractivity contribution >= 4 is 29.2 Å². The van der Waals surface area contributed by atoms with Crippen LogP contribution in [0.3, 0.4) is 0 Å². The number of fused-ring (bicyclic) bond motifs is 1. The van der Waals surface area contributed by atoms with Gasteiger partial charge in [-0.15, -0.1) is 0 Å². The van der Waals surface area contributed by atoms with Gasteiger partial charge in [0.1, 0.15) is 11.5 Å². The van der Waals surface area contributed by atoms with E-state index < -0.39 is 6.09 Å². The van der Waals surface area contributed by atoms with E-state index in [-0.39, 0.29) is 23.3 Å². The zero-order valence-corrected chi connectivity index (χ0v) is 15.4. The zero-order valence-electron chi connectivity index (χ0n) is 15.4. The summed E-state index contributed by atoms with van der Waals surface area (Å²) < 4.78 is 0. The van der Waals surface area contributed by atoms with Crippen molar-refractivity contribution < 1.29 is 14.7 Å². The van der Waals surface area contributed by atoms with Crippen molar-refractivity contribution in [2.75, 3.05) is 10.6 Å². The molecule has 4 rings (SSSR count). The van der Waals surface area contributed by atoms with E-state index in [0.29, 0.717) is 11.5 Å². The van der Waals surface area contributed by atoms with Gasteiger partial charge in [-0.1, -0.05) is 24.3 Å². The Labute approximate surface area is 167 Å². The van der Waals surface area contributed by atoms with Crippen molar-refractivity contribution in [3.63, 3.8) is 0 Å². The third-order valence-corrected chi connectivity index (χ3v) is 4.63. The summed E-state index contributed by atoms with van der Waals surface area (Å²) >= 11 is 0. The number of rotatable bonds is 5. The molecular formula is C21H19N5O3. The second-order valence-electron chi connectivity index (χ2n) is 6.77. The molecule has 0 saturated carbocycles. The summed E-state index contributed by atoms with van der Waals surface area (Å²) in [6.45, 7) is 0. The van der Waals surface area contributed by atoms with Crippen LogP contribution in [0.25, 0.3) is 0 Å². The van der Waals surface area contributed by atoms with Crippen molar-refractivity contribution in [3.8, 4) is 0 Å². The zero-order chi connectivity index (χ0) is 20.2. The number of amides is 2. The third-order valence-electron chi connectivity index (χ3n) is 4.63. The Morgan fingerprint density at radius 1 is 1.00 bits per heavy atom. The summed E-state index contributed by atoms with van der Waals surface area (Å²) in [5, 5.41) is 17.4. The molecule has 8 heteroatoms. The molecule has 0 atom stereocenters. The van der Waals surface area contributed by atoms with Gasteiger partial charge in [-0.3, -0.25) is 15.1 Å². The number of hydrogen-bond donors (Lipinski definition) is 4. The molecule has 29 heavy (non-hydrogen) atoms. The number of nitrogens with one attached hydrogen (secondary N) is 3. The first-order chi connectivity index (χ1) is 14.1. The topological polar surface area (TPSA) is 116 Å². The van der Waals surface area contributed by atoms with E-state index in [2.05, 4.69) is 38.1 Å². The first-order valence-corrected chi connectivity index (χ1v) is 9.13. The summed E-state index contributed by atoms with van der Waals surface area (Å²) in [7, 11) is 0. The molecule has 0 saturated heterocycles. The molecule has 146 valence electrons. The molecular weight excluding hydrogens is 370 g/mol. The quantitative estimate of drug-likeness (QED) is 0.532. The fourth-order valence-electron chi connectivity index (χ4n) is 3.41. The molecule has 2 heterocycles. The maximum absolute atomic E-state index is 12.8. The maximum atomic E-state index is 12.8. The van der Waals surface area contributed by atoms with Crippen molar-refractivity contribution in [2.24, 2.45) is 0 Å². The Balaban J connectivity index is 1.54. The van der Waals surface area contributed by atoms with E-state index in [1.807, 2.05) is 12.1 Å². The van der Waals surface area contributed by atoms with Crippen molar-refractivity contribution in [3.05, 3.63) is 77.7 Å². The lowest BCUT2D eigenvalue weighted by atomic mass is 10.1. The number of hydrogen-bond acceptors (Lipinski definition) is 5. The molecule has 0 radical (unpaired) electrons. The second kappa shape index (κ2) is 7.97. The predicted molar refractivity (Wildman–Crippen MR) is 109 cm³/mol. The third kappa shape index (κ3) is 4.49. The lowest BCUT2D eigenvalue weighted by Crippen LogP contribution is -2.35. The minimum absolute atomic E-state index is 0.0208. The van der Waals surface area contributed by atoms with E-state index >= 15 is 0 Å². The molecule has 0 bridgehead atoms. The van der Waals surface area contributed by atoms with Crippen LogP contribution >= 0.6 is 0 Å². The molecule has 0 spiro atoms. The lowest BCUT2D eigenvalue weighted by Gasteiger charge is -2.14. The number of aromatic nitrogens is 2. The molecule has 1 aromatic carbocycles. The van der Waals surface area contributed by atoms with Gasteiger partial charge in [-0.2, -0.15) is 0 Å². The van der Waals surface area contributed by atoms with Gasteiger partial charge in [-0.25, -0.2) is 9.78 Å². The molecule has 8 nitrogen and oxygen atoms in total. The Hall–Kier alpha value is -3.94. The minimum atomic E-state index is -1.22. The SMILES string of the molecule is O=C(O)Nc1cc(Nc2cccnc2)nc(C(=O)NC2Cc3ccccc3C2)c1. The second-order valence-corrected chi connectivity index (χ2v) is 6.77. The predicted octanol–water partition coefficient (Wildman–Crippen LogP) is 3.21. The summed E-state index contributed by atoms with van der Waals surface area (Å²) in [5.74, 6) is -0.0183. The smallest absolute Gasteiger partial charge is 0.409 e. The van der Waals surface area contributed by atoms with Gasteiger partial charge in [0, 0.05) is 18.3 Å². The molecule has 0 unspecified atom stereocenters. The summed E-state index contributed by atoms with van der Waals surface area (Å²) in [5.41, 5.74) is 3.50. The Bertz CT molecular complexity index is 1030. The standard InChI is InChI=1S/C21H19N5O3/c27-20(24-16-8-13-4-1-2-5-14(13)9-16)18-10-17(25-21(28)29)11-19(26-18)23-15-6-3-7-22-12-15/h1-7,10-12,16H,8-9H2,(H,24,27)(H,28,29)(H2,23,25,26). The average molecular weight is 389 g/mol. The van der Waals surface area contributed by atoms with Crippen LogP contribution < -0.4 is 16.0 Å². The number of anilines is 3. The normalized spacial score (nSPS) is 12.8. The monoisotopic (exact) mass is 389 g/mol. The van der Waals surface area contributed by atoms with Crippen LogP contribution in [0.2, 0.25) is 0 Å². The number of carbonyl (C=O) groups is 2. The highest BCUT2D eigenvalue weighted by atomic mass is 16.4. The molecule has 0 fully saturated rings. The van der Waals surface area contributed by atoms with Crippen LogP contribution in [0.1, 0.15) is 21.6 Å². The largest absolute Gasteiger partial charge is 0.465 e. The van der Waals surface area contributed by atoms with E-state index in [1.54, 1.807) is 24.5 Å². The van der Waals surface area contributed by atoms with Crippen LogP contribution in [0.4, 0.5) is 22.0 Å². The molecule has 2 aromatic heterocycles. The first-order valence-electron chi connectivity index (χ1n) is 9.13. The summed E-state index contributed by atoms with van der Waals surface area (Å²) in [6, 6.07) is 14.6. The van der Waals surface area contributed by atoms with Crippen molar-refractivity contribution in [1.82, 2.24) is 15.3 Å². The van der Waals surface area contributed by atoms with Gasteiger partial charge in [0.2, 0.25) is 0 Å². The van der Waals surface area contributed by atoms with Crippen LogP contribution in [0.15, 0.2) is 60.9 Å². The van der Waals surface area contributed by atoms with E-state index in [1.165, 1.54) is 23.3 Å². The van der Waals surface area contributed by atoms with Crippen LogP contribution in [0.5, 0.6) is 0 Å². The van der Waals surface area contributed by atoms with E-state index in [9.17, 15) is 9.59 Å². The molecule has 4 N–H and O–H groups in total. The van der Waals surface area contributed by atoms with Crippen molar-refractivity contribution in [1.29, 1.82) is 0 Å². The van der Waals surface area contributed by atoms with Gasteiger partial charge < -0.3 is 15.7 Å². The van der Waals surface area contributed by atoms with Gasteiger partial charge in [-0.05, 0) is 42.2 Å². The Morgan fingerprint density at radius 2 is 1.76 bits per heavy atom. The number of benzene rings is 1. The van der Waals surface area contributed by atoms with Gasteiger partial charge in [0.05, 0.1) is 17.6 Å². The fraction of sp³-hybridized carbons (Fsp3) is 0.143. The van der Waals surface area contributed by atoms with E-state index in [0.717, 1.165) is 12.8 Å². The van der Waals surface area contributed by atoms with Gasteiger partial charge >= 0.3 is 6.09 Å². The lowest BCUT2D eigenvalue weighted by molar-refractivity contribution is 0.0933. The molecule has 0 aliphatic heterocycles. The number of pyridine rings is 2. The molecule has 2 amide bonds. The number of carbonyl (C=O) groups excluding carboxylic acids is 1. The van der Waals surface area contributed by atoms with E-state index in [4.69, 9.17) is 5.11 Å². The van der Waals surface area contributed by atoms with Gasteiger partial charge in [0.15, 0.2) is 0 Å². The average Bonchev–Trinajstić information content (AvgIpc) is 3.10. The summed E-state index contributed by atoms with van der Waals surface area (Å²) in [4.78, 5) is 32.2. The molecule has 1 aliphatic carbocycles. The van der Waals surface area contributed by atoms with Crippen LogP contribution in [-0.4, -0.2) is 33.1 Å². The minimum Gasteiger partial charge on any atom is -0.465 e. The number of carboxylic acid groups (broad SMARTS) is 1. The summed E-state index contributed by atoms with van der Waals surface area (Å²) in [6.07, 6.45) is 3.54. The van der Waals surface area contributed by atoms with Crippen molar-refractivity contribution in [2.45, 2.75) is 18.9 Å². The first kappa shape index (κ1) is 18.4. The highest BCUT2D eigenvalue weighted by Gasteiger charge is 2.23. The van der Waals surface area contributed by atoms with Crippen LogP contribution in [-0.2, 0) is 12.8 Å². The fourth-order valence-corrected chi connectivity index (χ4v) is 3.41. The maximum Gasteiger partial charge on any atom is 0.409 e. The number of nitrogens with zero attached hydrogens (tertiary/aromatic N) is 2.